The maximum Gasteiger partial charge on any atom is 0.169 e. The Hall–Kier alpha value is -2.38. The number of aromatic nitrogens is 1. The van der Waals surface area contributed by atoms with E-state index >= 15 is 0 Å². The lowest BCUT2D eigenvalue weighted by atomic mass is 10.00. The van der Waals surface area contributed by atoms with Crippen molar-refractivity contribution in [3.05, 3.63) is 69.8 Å². The van der Waals surface area contributed by atoms with Crippen LogP contribution in [-0.2, 0) is 6.42 Å². The summed E-state index contributed by atoms with van der Waals surface area (Å²) in [6, 6.07) is 15.2. The Morgan fingerprint density at radius 3 is 2.81 bits per heavy atom. The molecule has 0 unspecified atom stereocenters. The fraction of sp³-hybridized carbons (Fsp3) is 0.0588. The summed E-state index contributed by atoms with van der Waals surface area (Å²) in [4.78, 5) is 15.6. The van der Waals surface area contributed by atoms with Crippen LogP contribution in [0.3, 0.4) is 0 Å². The first-order valence-corrected chi connectivity index (χ1v) is 7.26. The van der Waals surface area contributed by atoms with Crippen LogP contribution in [0.2, 0.25) is 0 Å². The first kappa shape index (κ1) is 13.6. The van der Waals surface area contributed by atoms with Gasteiger partial charge in [-0.1, -0.05) is 34.1 Å². The molecule has 0 radical (unpaired) electrons. The second-order valence-corrected chi connectivity index (χ2v) is 5.69. The van der Waals surface area contributed by atoms with Crippen LogP contribution in [0.1, 0.15) is 21.5 Å². The molecule has 102 valence electrons. The van der Waals surface area contributed by atoms with E-state index in [1.807, 2.05) is 30.3 Å². The molecule has 0 spiro atoms. The van der Waals surface area contributed by atoms with Crippen molar-refractivity contribution in [3.8, 4) is 6.07 Å². The van der Waals surface area contributed by atoms with E-state index in [9.17, 15) is 10.1 Å². The quantitative estimate of drug-likeness (QED) is 0.726. The minimum Gasteiger partial charge on any atom is -0.360 e. The molecule has 21 heavy (non-hydrogen) atoms. The van der Waals surface area contributed by atoms with Crippen LogP contribution in [0.25, 0.3) is 10.9 Å². The van der Waals surface area contributed by atoms with Crippen LogP contribution in [0.4, 0.5) is 0 Å². The van der Waals surface area contributed by atoms with Crippen molar-refractivity contribution in [2.75, 3.05) is 0 Å². The van der Waals surface area contributed by atoms with Crippen LogP contribution < -0.4 is 0 Å². The average Bonchev–Trinajstić information content (AvgIpc) is 2.91. The van der Waals surface area contributed by atoms with Crippen LogP contribution in [-0.4, -0.2) is 10.8 Å². The summed E-state index contributed by atoms with van der Waals surface area (Å²) in [5, 5.41) is 9.91. The Kier molecular flexibility index (Phi) is 3.59. The molecular formula is C17H11BrN2O. The molecule has 4 heteroatoms. The molecule has 0 aliphatic rings. The number of Topliss-reactive ketones (excluding diaryl/α,β-unsaturated/α-hetero) is 1. The lowest BCUT2D eigenvalue weighted by Crippen LogP contribution is -2.03. The van der Waals surface area contributed by atoms with Crippen molar-refractivity contribution >= 4 is 32.6 Å². The van der Waals surface area contributed by atoms with Gasteiger partial charge < -0.3 is 4.98 Å². The Balaban J connectivity index is 2.01. The molecule has 0 bridgehead atoms. The summed E-state index contributed by atoms with van der Waals surface area (Å²) >= 11 is 3.40. The fourth-order valence-corrected chi connectivity index (χ4v) is 2.87. The van der Waals surface area contributed by atoms with E-state index in [0.717, 1.165) is 15.6 Å². The van der Waals surface area contributed by atoms with Gasteiger partial charge in [-0.05, 0) is 29.8 Å². The van der Waals surface area contributed by atoms with Crippen LogP contribution >= 0.6 is 15.9 Å². The molecule has 1 N–H and O–H groups in total. The SMILES string of the molecule is N#Cc1cccc2[nH]cc(C(=O)Cc3cccc(Br)c3)c12. The maximum absolute atomic E-state index is 12.5. The zero-order valence-electron chi connectivity index (χ0n) is 11.1. The van der Waals surface area contributed by atoms with Gasteiger partial charge in [0.05, 0.1) is 11.6 Å². The van der Waals surface area contributed by atoms with Crippen LogP contribution in [0, 0.1) is 11.3 Å². The topological polar surface area (TPSA) is 56.6 Å². The minimum atomic E-state index is 0.00190. The van der Waals surface area contributed by atoms with Gasteiger partial charge in [-0.25, -0.2) is 0 Å². The monoisotopic (exact) mass is 338 g/mol. The summed E-state index contributed by atoms with van der Waals surface area (Å²) in [6.07, 6.45) is 2.00. The summed E-state index contributed by atoms with van der Waals surface area (Å²) in [6.45, 7) is 0. The largest absolute Gasteiger partial charge is 0.360 e. The highest BCUT2D eigenvalue weighted by Gasteiger charge is 2.15. The standard InChI is InChI=1S/C17H11BrN2O/c18-13-5-1-3-11(7-13)8-16(21)14-10-20-15-6-2-4-12(9-19)17(14)15/h1-7,10,20H,8H2. The lowest BCUT2D eigenvalue weighted by molar-refractivity contribution is 0.0994. The fourth-order valence-electron chi connectivity index (χ4n) is 2.43. The number of fused-ring (bicyclic) bond motifs is 1. The first-order valence-electron chi connectivity index (χ1n) is 6.47. The summed E-state index contributed by atoms with van der Waals surface area (Å²) < 4.78 is 0.949. The zero-order valence-corrected chi connectivity index (χ0v) is 12.6. The number of carbonyl (C=O) groups excluding carboxylic acids is 1. The van der Waals surface area contributed by atoms with Crippen molar-refractivity contribution in [1.82, 2.24) is 4.98 Å². The van der Waals surface area contributed by atoms with Gasteiger partial charge in [0.25, 0.3) is 0 Å². The smallest absolute Gasteiger partial charge is 0.169 e. The van der Waals surface area contributed by atoms with Gasteiger partial charge in [0.1, 0.15) is 0 Å². The lowest BCUT2D eigenvalue weighted by Gasteiger charge is -2.02. The molecule has 3 aromatic rings. The molecule has 0 saturated heterocycles. The molecule has 0 amide bonds. The molecule has 2 aromatic carbocycles. The van der Waals surface area contributed by atoms with Gasteiger partial charge in [-0.15, -0.1) is 0 Å². The number of hydrogen-bond donors (Lipinski definition) is 1. The first-order chi connectivity index (χ1) is 10.2. The predicted octanol–water partition coefficient (Wildman–Crippen LogP) is 4.23. The Bertz CT molecular complexity index is 874. The van der Waals surface area contributed by atoms with Gasteiger partial charge in [-0.2, -0.15) is 5.26 Å². The van der Waals surface area contributed by atoms with Gasteiger partial charge in [0, 0.05) is 33.6 Å². The second-order valence-electron chi connectivity index (χ2n) is 4.77. The number of carbonyl (C=O) groups is 1. The molecule has 1 heterocycles. The minimum absolute atomic E-state index is 0.00190. The highest BCUT2D eigenvalue weighted by Crippen LogP contribution is 2.24. The molecule has 0 fully saturated rings. The average molecular weight is 339 g/mol. The number of aromatic amines is 1. The van der Waals surface area contributed by atoms with E-state index in [4.69, 9.17) is 0 Å². The molecule has 0 saturated carbocycles. The molecule has 0 atom stereocenters. The number of nitriles is 1. The molecule has 3 nitrogen and oxygen atoms in total. The van der Waals surface area contributed by atoms with Gasteiger partial charge in [0.15, 0.2) is 5.78 Å². The Labute approximate surface area is 130 Å². The summed E-state index contributed by atoms with van der Waals surface area (Å²) in [7, 11) is 0. The highest BCUT2D eigenvalue weighted by molar-refractivity contribution is 9.10. The van der Waals surface area contributed by atoms with Crippen molar-refractivity contribution in [3.63, 3.8) is 0 Å². The third-order valence-electron chi connectivity index (χ3n) is 3.38. The number of benzene rings is 2. The van der Waals surface area contributed by atoms with E-state index in [0.29, 0.717) is 22.9 Å². The van der Waals surface area contributed by atoms with E-state index in [1.54, 1.807) is 18.3 Å². The van der Waals surface area contributed by atoms with Crippen molar-refractivity contribution in [1.29, 1.82) is 5.26 Å². The normalized spacial score (nSPS) is 10.5. The van der Waals surface area contributed by atoms with E-state index in [2.05, 4.69) is 27.0 Å². The number of nitrogens with one attached hydrogen (secondary N) is 1. The van der Waals surface area contributed by atoms with Crippen molar-refractivity contribution < 1.29 is 4.79 Å². The Morgan fingerprint density at radius 2 is 2.05 bits per heavy atom. The van der Waals surface area contributed by atoms with Crippen LogP contribution in [0.15, 0.2) is 53.1 Å². The van der Waals surface area contributed by atoms with E-state index in [1.165, 1.54) is 0 Å². The van der Waals surface area contributed by atoms with Crippen LogP contribution in [0.5, 0.6) is 0 Å². The third kappa shape index (κ3) is 2.61. The highest BCUT2D eigenvalue weighted by atomic mass is 79.9. The maximum atomic E-state index is 12.5. The summed E-state index contributed by atoms with van der Waals surface area (Å²) in [5.41, 5.74) is 2.85. The Morgan fingerprint density at radius 1 is 1.24 bits per heavy atom. The zero-order chi connectivity index (χ0) is 14.8. The van der Waals surface area contributed by atoms with Crippen molar-refractivity contribution in [2.45, 2.75) is 6.42 Å². The number of nitrogens with zero attached hydrogens (tertiary/aromatic N) is 1. The van der Waals surface area contributed by atoms with E-state index in [-0.39, 0.29) is 5.78 Å². The van der Waals surface area contributed by atoms with Gasteiger partial charge in [-0.3, -0.25) is 4.79 Å². The molecular weight excluding hydrogens is 328 g/mol. The van der Waals surface area contributed by atoms with E-state index < -0.39 is 0 Å². The molecule has 0 aliphatic heterocycles. The number of halogens is 1. The third-order valence-corrected chi connectivity index (χ3v) is 3.87. The number of ketones is 1. The molecule has 1 aromatic heterocycles. The molecule has 0 aliphatic carbocycles. The number of H-pyrrole nitrogens is 1. The predicted molar refractivity (Wildman–Crippen MR) is 85.2 cm³/mol. The number of hydrogen-bond acceptors (Lipinski definition) is 2. The van der Waals surface area contributed by atoms with Gasteiger partial charge in [0.2, 0.25) is 0 Å². The second kappa shape index (κ2) is 5.55. The summed E-state index contributed by atoms with van der Waals surface area (Å²) in [5.74, 6) is 0.00190. The van der Waals surface area contributed by atoms with Gasteiger partial charge >= 0.3 is 0 Å². The molecule has 3 rings (SSSR count). The van der Waals surface area contributed by atoms with Crippen molar-refractivity contribution in [2.24, 2.45) is 0 Å². The number of rotatable bonds is 3.